The van der Waals surface area contributed by atoms with Crippen LogP contribution in [0, 0.1) is 13.8 Å². The van der Waals surface area contributed by atoms with Crippen LogP contribution in [0.15, 0.2) is 95.5 Å². The Kier molecular flexibility index (Phi) is 4.96. The van der Waals surface area contributed by atoms with Crippen molar-refractivity contribution in [1.29, 1.82) is 0 Å². The van der Waals surface area contributed by atoms with Gasteiger partial charge >= 0.3 is 0 Å². The van der Waals surface area contributed by atoms with Crippen LogP contribution in [0.3, 0.4) is 0 Å². The Balaban J connectivity index is 1.80. The van der Waals surface area contributed by atoms with Crippen LogP contribution in [0.25, 0.3) is 33.4 Å². The molecular formula is C26H21Br. The molecule has 0 heterocycles. The van der Waals surface area contributed by atoms with Gasteiger partial charge in [-0.05, 0) is 82.6 Å². The maximum absolute atomic E-state index is 3.57. The predicted molar refractivity (Wildman–Crippen MR) is 120 cm³/mol. The van der Waals surface area contributed by atoms with Crippen molar-refractivity contribution in [2.75, 3.05) is 0 Å². The number of benzene rings is 4. The van der Waals surface area contributed by atoms with Crippen molar-refractivity contribution >= 4 is 15.9 Å². The maximum Gasteiger partial charge on any atom is 0.0181 e. The van der Waals surface area contributed by atoms with Crippen LogP contribution in [-0.2, 0) is 0 Å². The summed E-state index contributed by atoms with van der Waals surface area (Å²) < 4.78 is 1.10. The van der Waals surface area contributed by atoms with Gasteiger partial charge in [0.25, 0.3) is 0 Å². The molecule has 0 unspecified atom stereocenters. The van der Waals surface area contributed by atoms with Gasteiger partial charge in [-0.3, -0.25) is 0 Å². The summed E-state index contributed by atoms with van der Waals surface area (Å²) >= 11 is 3.57. The second kappa shape index (κ2) is 7.54. The molecule has 0 atom stereocenters. The average molecular weight is 413 g/mol. The zero-order valence-electron chi connectivity index (χ0n) is 15.5. The lowest BCUT2D eigenvalue weighted by atomic mass is 9.92. The Bertz CT molecular complexity index is 1110. The van der Waals surface area contributed by atoms with Gasteiger partial charge < -0.3 is 0 Å². The summed E-state index contributed by atoms with van der Waals surface area (Å²) in [6, 6.07) is 32.6. The summed E-state index contributed by atoms with van der Waals surface area (Å²) in [5.41, 5.74) is 10.2. The van der Waals surface area contributed by atoms with E-state index in [9.17, 15) is 0 Å². The van der Waals surface area contributed by atoms with E-state index in [-0.39, 0.29) is 0 Å². The first-order valence-corrected chi connectivity index (χ1v) is 9.94. The lowest BCUT2D eigenvalue weighted by molar-refractivity contribution is 1.41. The van der Waals surface area contributed by atoms with Gasteiger partial charge in [0.15, 0.2) is 0 Å². The van der Waals surface area contributed by atoms with Gasteiger partial charge in [0.05, 0.1) is 0 Å². The third-order valence-corrected chi connectivity index (χ3v) is 5.52. The molecular weight excluding hydrogens is 392 g/mol. The summed E-state index contributed by atoms with van der Waals surface area (Å²) in [6.07, 6.45) is 0. The van der Waals surface area contributed by atoms with Gasteiger partial charge in [0, 0.05) is 4.47 Å². The smallest absolute Gasteiger partial charge is 0.0181 e. The van der Waals surface area contributed by atoms with E-state index in [1.165, 1.54) is 44.5 Å². The van der Waals surface area contributed by atoms with Crippen molar-refractivity contribution in [3.05, 3.63) is 107 Å². The zero-order chi connectivity index (χ0) is 18.8. The Hall–Kier alpha value is -2.64. The molecule has 0 bridgehead atoms. The van der Waals surface area contributed by atoms with Crippen molar-refractivity contribution in [1.82, 2.24) is 0 Å². The minimum atomic E-state index is 1.10. The zero-order valence-corrected chi connectivity index (χ0v) is 17.1. The van der Waals surface area contributed by atoms with Gasteiger partial charge in [-0.15, -0.1) is 0 Å². The SMILES string of the molecule is Cc1ccccc1-c1cc(-c2cccc(-c3cccc(Br)c3)c2)ccc1C. The van der Waals surface area contributed by atoms with E-state index >= 15 is 0 Å². The fraction of sp³-hybridized carbons (Fsp3) is 0.0769. The molecule has 0 radical (unpaired) electrons. The summed E-state index contributed by atoms with van der Waals surface area (Å²) in [6.45, 7) is 4.36. The standard InChI is InChI=1S/C26H21Br/c1-18-7-3-4-12-25(18)26-17-23(14-13-19(26)2)21-9-5-8-20(15-21)22-10-6-11-24(27)16-22/h3-17H,1-2H3. The van der Waals surface area contributed by atoms with Gasteiger partial charge in [0.2, 0.25) is 0 Å². The highest BCUT2D eigenvalue weighted by molar-refractivity contribution is 9.10. The van der Waals surface area contributed by atoms with Crippen LogP contribution in [0.1, 0.15) is 11.1 Å². The monoisotopic (exact) mass is 412 g/mol. The van der Waals surface area contributed by atoms with E-state index in [4.69, 9.17) is 0 Å². The molecule has 132 valence electrons. The number of halogens is 1. The van der Waals surface area contributed by atoms with E-state index in [1.807, 2.05) is 0 Å². The van der Waals surface area contributed by atoms with Crippen LogP contribution in [0.2, 0.25) is 0 Å². The Morgan fingerprint density at radius 3 is 1.78 bits per heavy atom. The summed E-state index contributed by atoms with van der Waals surface area (Å²) in [4.78, 5) is 0. The highest BCUT2D eigenvalue weighted by Gasteiger charge is 2.08. The van der Waals surface area contributed by atoms with E-state index in [1.54, 1.807) is 0 Å². The Labute approximate surface area is 169 Å². The first-order chi connectivity index (χ1) is 13.1. The van der Waals surface area contributed by atoms with E-state index in [2.05, 4.69) is 121 Å². The van der Waals surface area contributed by atoms with Crippen molar-refractivity contribution in [2.24, 2.45) is 0 Å². The molecule has 0 nitrogen and oxygen atoms in total. The van der Waals surface area contributed by atoms with Gasteiger partial charge in [-0.1, -0.05) is 82.7 Å². The molecule has 1 heteroatoms. The topological polar surface area (TPSA) is 0 Å². The molecule has 0 fully saturated rings. The van der Waals surface area contributed by atoms with Crippen molar-refractivity contribution < 1.29 is 0 Å². The molecule has 4 rings (SSSR count). The third kappa shape index (κ3) is 3.74. The van der Waals surface area contributed by atoms with Crippen LogP contribution >= 0.6 is 15.9 Å². The molecule has 0 spiro atoms. The Morgan fingerprint density at radius 2 is 1.07 bits per heavy atom. The molecule has 0 aliphatic carbocycles. The minimum Gasteiger partial charge on any atom is -0.0620 e. The largest absolute Gasteiger partial charge is 0.0620 e. The summed E-state index contributed by atoms with van der Waals surface area (Å²) in [5.74, 6) is 0. The fourth-order valence-electron chi connectivity index (χ4n) is 3.51. The van der Waals surface area contributed by atoms with Crippen molar-refractivity contribution in [2.45, 2.75) is 13.8 Å². The Morgan fingerprint density at radius 1 is 0.481 bits per heavy atom. The minimum absolute atomic E-state index is 1.10. The molecule has 0 saturated carbocycles. The number of aryl methyl sites for hydroxylation is 2. The molecule has 0 aromatic heterocycles. The van der Waals surface area contributed by atoms with Crippen LogP contribution < -0.4 is 0 Å². The average Bonchev–Trinajstić information content (AvgIpc) is 2.69. The van der Waals surface area contributed by atoms with Crippen molar-refractivity contribution in [3.63, 3.8) is 0 Å². The number of hydrogen-bond acceptors (Lipinski definition) is 0. The first-order valence-electron chi connectivity index (χ1n) is 9.15. The fourth-order valence-corrected chi connectivity index (χ4v) is 3.91. The number of rotatable bonds is 3. The molecule has 4 aromatic carbocycles. The summed E-state index contributed by atoms with van der Waals surface area (Å²) in [7, 11) is 0. The first kappa shape index (κ1) is 17.8. The maximum atomic E-state index is 3.57. The van der Waals surface area contributed by atoms with E-state index < -0.39 is 0 Å². The van der Waals surface area contributed by atoms with Gasteiger partial charge in [-0.2, -0.15) is 0 Å². The molecule has 4 aromatic rings. The van der Waals surface area contributed by atoms with Crippen LogP contribution in [0.4, 0.5) is 0 Å². The lowest BCUT2D eigenvalue weighted by Crippen LogP contribution is -1.89. The quantitative estimate of drug-likeness (QED) is 0.319. The lowest BCUT2D eigenvalue weighted by Gasteiger charge is -2.13. The molecule has 0 aliphatic rings. The molecule has 0 saturated heterocycles. The van der Waals surface area contributed by atoms with E-state index in [0.29, 0.717) is 0 Å². The second-order valence-corrected chi connectivity index (χ2v) is 7.85. The molecule has 0 N–H and O–H groups in total. The normalized spacial score (nSPS) is 10.8. The second-order valence-electron chi connectivity index (χ2n) is 6.94. The van der Waals surface area contributed by atoms with Crippen LogP contribution in [-0.4, -0.2) is 0 Å². The van der Waals surface area contributed by atoms with Gasteiger partial charge in [-0.25, -0.2) is 0 Å². The molecule has 0 amide bonds. The summed E-state index contributed by atoms with van der Waals surface area (Å²) in [5, 5.41) is 0. The number of hydrogen-bond donors (Lipinski definition) is 0. The predicted octanol–water partition coefficient (Wildman–Crippen LogP) is 8.07. The highest BCUT2D eigenvalue weighted by atomic mass is 79.9. The van der Waals surface area contributed by atoms with Crippen LogP contribution in [0.5, 0.6) is 0 Å². The third-order valence-electron chi connectivity index (χ3n) is 5.03. The molecule has 27 heavy (non-hydrogen) atoms. The van der Waals surface area contributed by atoms with Crippen molar-refractivity contribution in [3.8, 4) is 33.4 Å². The van der Waals surface area contributed by atoms with E-state index in [0.717, 1.165) is 4.47 Å². The molecule has 0 aliphatic heterocycles. The highest BCUT2D eigenvalue weighted by Crippen LogP contribution is 2.33. The van der Waals surface area contributed by atoms with Gasteiger partial charge in [0.1, 0.15) is 0 Å².